The lowest BCUT2D eigenvalue weighted by atomic mass is 9.89. The molecule has 2 unspecified atom stereocenters. The molecular formula is C32H37F3N4O4. The lowest BCUT2D eigenvalue weighted by Crippen LogP contribution is -2.41. The van der Waals surface area contributed by atoms with E-state index in [-0.39, 0.29) is 12.5 Å². The Morgan fingerprint density at radius 1 is 1.16 bits per heavy atom. The molecule has 11 heteroatoms. The topological polar surface area (TPSA) is 86.5 Å². The van der Waals surface area contributed by atoms with Crippen LogP contribution in [-0.2, 0) is 40.3 Å². The van der Waals surface area contributed by atoms with Gasteiger partial charge in [-0.05, 0) is 68.2 Å². The lowest BCUT2D eigenvalue weighted by Gasteiger charge is -2.34. The van der Waals surface area contributed by atoms with Crippen LogP contribution in [0.25, 0.3) is 0 Å². The fraction of sp³-hybridized carbons (Fsp3) is 0.500. The highest BCUT2D eigenvalue weighted by Gasteiger charge is 2.43. The highest BCUT2D eigenvalue weighted by molar-refractivity contribution is 5.88. The van der Waals surface area contributed by atoms with Crippen LogP contribution < -0.4 is 4.74 Å². The van der Waals surface area contributed by atoms with E-state index in [2.05, 4.69) is 45.9 Å². The van der Waals surface area contributed by atoms with E-state index in [9.17, 15) is 22.8 Å². The van der Waals surface area contributed by atoms with Crippen molar-refractivity contribution < 1.29 is 32.2 Å². The second-order valence-electron chi connectivity index (χ2n) is 12.1. The summed E-state index contributed by atoms with van der Waals surface area (Å²) < 4.78 is 50.6. The first kappa shape index (κ1) is 30.7. The molecular weight excluding hydrogens is 561 g/mol. The van der Waals surface area contributed by atoms with Crippen molar-refractivity contribution in [1.29, 1.82) is 0 Å². The fourth-order valence-electron chi connectivity index (χ4n) is 6.18. The van der Waals surface area contributed by atoms with Gasteiger partial charge in [-0.3, -0.25) is 14.4 Å². The number of halogens is 3. The predicted molar refractivity (Wildman–Crippen MR) is 152 cm³/mol. The summed E-state index contributed by atoms with van der Waals surface area (Å²) in [5.41, 5.74) is 4.70. The predicted octanol–water partition coefficient (Wildman–Crippen LogP) is 6.09. The minimum atomic E-state index is -5.24. The maximum absolute atomic E-state index is 12.8. The van der Waals surface area contributed by atoms with Gasteiger partial charge in [0.15, 0.2) is 0 Å². The average molecular weight is 599 g/mol. The van der Waals surface area contributed by atoms with Crippen LogP contribution in [0.5, 0.6) is 5.75 Å². The van der Waals surface area contributed by atoms with Gasteiger partial charge in [0.1, 0.15) is 11.4 Å². The SMILES string of the molecule is CCCc1cn(CCC(CC(=O)OC(=O)C(F)(F)F)c2ccc3c(c2)C(N2Cc4ccccc4OC(C)(C)C2)CC3)nn1. The van der Waals surface area contributed by atoms with Crippen molar-refractivity contribution in [3.8, 4) is 5.75 Å². The molecule has 2 aromatic carbocycles. The number of benzene rings is 2. The van der Waals surface area contributed by atoms with Crippen LogP contribution in [0.4, 0.5) is 13.2 Å². The number of hydrogen-bond donors (Lipinski definition) is 0. The molecule has 1 aliphatic carbocycles. The number of carbonyl (C=O) groups excluding carboxylic acids is 2. The highest BCUT2D eigenvalue weighted by Crippen LogP contribution is 2.42. The zero-order valence-corrected chi connectivity index (χ0v) is 24.7. The lowest BCUT2D eigenvalue weighted by molar-refractivity contribution is -0.202. The number of hydrogen-bond acceptors (Lipinski definition) is 7. The van der Waals surface area contributed by atoms with Crippen LogP contribution in [-0.4, -0.2) is 50.2 Å². The number of esters is 2. The summed E-state index contributed by atoms with van der Waals surface area (Å²) >= 11 is 0. The van der Waals surface area contributed by atoms with Gasteiger partial charge in [0.2, 0.25) is 0 Å². The molecule has 0 amide bonds. The van der Waals surface area contributed by atoms with Crippen molar-refractivity contribution in [3.63, 3.8) is 0 Å². The molecule has 8 nitrogen and oxygen atoms in total. The number of aryl methyl sites for hydroxylation is 3. The molecule has 5 rings (SSSR count). The van der Waals surface area contributed by atoms with Crippen molar-refractivity contribution in [2.45, 2.75) is 96.1 Å². The number of nitrogens with zero attached hydrogens (tertiary/aromatic N) is 4. The molecule has 3 aromatic rings. The van der Waals surface area contributed by atoms with Gasteiger partial charge in [-0.15, -0.1) is 5.10 Å². The number of para-hydroxylation sites is 1. The number of ether oxygens (including phenoxy) is 2. The van der Waals surface area contributed by atoms with Gasteiger partial charge in [0.25, 0.3) is 0 Å². The van der Waals surface area contributed by atoms with E-state index in [1.54, 1.807) is 4.68 Å². The van der Waals surface area contributed by atoms with Crippen LogP contribution in [0.2, 0.25) is 0 Å². The first-order valence-electron chi connectivity index (χ1n) is 14.8. The third-order valence-corrected chi connectivity index (χ3v) is 8.09. The summed E-state index contributed by atoms with van der Waals surface area (Å²) in [5, 5.41) is 8.33. The summed E-state index contributed by atoms with van der Waals surface area (Å²) in [5.74, 6) is -3.33. The van der Waals surface area contributed by atoms with Crippen molar-refractivity contribution in [1.82, 2.24) is 19.9 Å². The molecule has 1 aromatic heterocycles. The highest BCUT2D eigenvalue weighted by atomic mass is 19.4. The quantitative estimate of drug-likeness (QED) is 0.218. The Kier molecular flexibility index (Phi) is 8.91. The Morgan fingerprint density at radius 2 is 1.95 bits per heavy atom. The van der Waals surface area contributed by atoms with E-state index in [4.69, 9.17) is 4.74 Å². The van der Waals surface area contributed by atoms with Gasteiger partial charge in [-0.2, -0.15) is 13.2 Å². The molecule has 0 spiro atoms. The van der Waals surface area contributed by atoms with Crippen molar-refractivity contribution in [3.05, 3.63) is 76.6 Å². The third-order valence-electron chi connectivity index (χ3n) is 8.09. The van der Waals surface area contributed by atoms with Gasteiger partial charge in [-0.1, -0.05) is 55.0 Å². The van der Waals surface area contributed by atoms with Crippen molar-refractivity contribution >= 4 is 11.9 Å². The van der Waals surface area contributed by atoms with Gasteiger partial charge in [0.05, 0.1) is 12.1 Å². The summed E-state index contributed by atoms with van der Waals surface area (Å²) in [4.78, 5) is 26.4. The maximum atomic E-state index is 12.8. The van der Waals surface area contributed by atoms with E-state index in [1.165, 1.54) is 5.56 Å². The standard InChI is InChI=1S/C32H37F3N4O4/c1-4-7-25-19-39(37-36-25)15-14-23(17-29(40)42-30(41)32(33,34)35)22-11-10-21-12-13-27(26(21)16-22)38-18-24-8-5-6-9-28(24)43-31(2,3)20-38/h5-6,8-11,16,19,23,27H,4,7,12-15,17-18,20H2,1-3H3. The number of fused-ring (bicyclic) bond motifs is 2. The smallest absolute Gasteiger partial charge is 0.486 e. The summed E-state index contributed by atoms with van der Waals surface area (Å²) in [6, 6.07) is 14.2. The van der Waals surface area contributed by atoms with Crippen molar-refractivity contribution in [2.24, 2.45) is 0 Å². The van der Waals surface area contributed by atoms with E-state index >= 15 is 0 Å². The van der Waals surface area contributed by atoms with E-state index in [0.29, 0.717) is 19.5 Å². The molecule has 2 atom stereocenters. The molecule has 0 N–H and O–H groups in total. The second-order valence-corrected chi connectivity index (χ2v) is 12.1. The molecule has 0 saturated carbocycles. The normalized spacial score (nSPS) is 18.7. The number of rotatable bonds is 9. The molecule has 230 valence electrons. The van der Waals surface area contributed by atoms with Gasteiger partial charge >= 0.3 is 18.1 Å². The van der Waals surface area contributed by atoms with Crippen LogP contribution >= 0.6 is 0 Å². The Hall–Kier alpha value is -3.73. The number of alkyl halides is 3. The zero-order valence-electron chi connectivity index (χ0n) is 24.7. The summed E-state index contributed by atoms with van der Waals surface area (Å²) in [6.07, 6.45) is 0.129. The Bertz CT molecular complexity index is 1470. The third kappa shape index (κ3) is 7.44. The summed E-state index contributed by atoms with van der Waals surface area (Å²) in [7, 11) is 0. The minimum absolute atomic E-state index is 0.107. The molecule has 0 fully saturated rings. The molecule has 0 saturated heterocycles. The van der Waals surface area contributed by atoms with E-state index < -0.39 is 29.6 Å². The van der Waals surface area contributed by atoms with Crippen LogP contribution in [0.3, 0.4) is 0 Å². The Labute approximate surface area is 249 Å². The fourth-order valence-corrected chi connectivity index (χ4v) is 6.18. The first-order chi connectivity index (χ1) is 20.4. The van der Waals surface area contributed by atoms with Crippen LogP contribution in [0.15, 0.2) is 48.7 Å². The van der Waals surface area contributed by atoms with Gasteiger partial charge in [-0.25, -0.2) is 4.79 Å². The monoisotopic (exact) mass is 598 g/mol. The maximum Gasteiger partial charge on any atom is 0.491 e. The zero-order chi connectivity index (χ0) is 30.8. The van der Waals surface area contributed by atoms with Crippen LogP contribution in [0.1, 0.15) is 86.4 Å². The number of carbonyl (C=O) groups is 2. The molecule has 43 heavy (non-hydrogen) atoms. The van der Waals surface area contributed by atoms with Gasteiger partial charge in [0, 0.05) is 37.4 Å². The first-order valence-corrected chi connectivity index (χ1v) is 14.8. The molecule has 0 radical (unpaired) electrons. The van der Waals surface area contributed by atoms with Crippen LogP contribution in [0, 0.1) is 0 Å². The van der Waals surface area contributed by atoms with Gasteiger partial charge < -0.3 is 9.47 Å². The largest absolute Gasteiger partial charge is 0.491 e. The number of aromatic nitrogens is 3. The van der Waals surface area contributed by atoms with Crippen molar-refractivity contribution in [2.75, 3.05) is 6.54 Å². The Balaban J connectivity index is 1.40. The second kappa shape index (κ2) is 12.5. The molecule has 2 heterocycles. The van der Waals surface area contributed by atoms with E-state index in [1.807, 2.05) is 43.5 Å². The molecule has 0 bridgehead atoms. The molecule has 1 aliphatic heterocycles. The summed E-state index contributed by atoms with van der Waals surface area (Å²) in [6.45, 7) is 8.02. The Morgan fingerprint density at radius 3 is 2.72 bits per heavy atom. The molecule has 2 aliphatic rings. The van der Waals surface area contributed by atoms with E-state index in [0.717, 1.165) is 60.4 Å². The average Bonchev–Trinajstić information content (AvgIpc) is 3.54. The minimum Gasteiger partial charge on any atom is -0.486 e.